The molecule has 16 heavy (non-hydrogen) atoms. The van der Waals surface area contributed by atoms with Gasteiger partial charge in [0.15, 0.2) is 0 Å². The molecule has 1 saturated carbocycles. The van der Waals surface area contributed by atoms with E-state index in [0.29, 0.717) is 0 Å². The fraction of sp³-hybridized carbons (Fsp3) is 0.562. The molecule has 0 amide bonds. The van der Waals surface area contributed by atoms with E-state index in [9.17, 15) is 0 Å². The number of hydrogen-bond donors (Lipinski definition) is 0. The van der Waals surface area contributed by atoms with E-state index in [1.54, 1.807) is 0 Å². The van der Waals surface area contributed by atoms with E-state index < -0.39 is 0 Å². The number of benzene rings is 1. The van der Waals surface area contributed by atoms with Crippen LogP contribution in [0, 0.1) is 12.3 Å². The number of hydrogen-bond acceptors (Lipinski definition) is 0. The van der Waals surface area contributed by atoms with Crippen molar-refractivity contribution in [2.24, 2.45) is 5.92 Å². The van der Waals surface area contributed by atoms with Gasteiger partial charge in [-0.2, -0.15) is 0 Å². The van der Waals surface area contributed by atoms with E-state index >= 15 is 0 Å². The first-order chi connectivity index (χ1) is 7.95. The molecule has 0 spiro atoms. The first-order valence-electron chi connectivity index (χ1n) is 6.81. The van der Waals surface area contributed by atoms with Crippen molar-refractivity contribution in [1.29, 1.82) is 0 Å². The third-order valence-electron chi connectivity index (χ3n) is 3.70. The quantitative estimate of drug-likeness (QED) is 0.619. The molecule has 1 aliphatic carbocycles. The van der Waals surface area contributed by atoms with Gasteiger partial charge in [0.25, 0.3) is 0 Å². The Morgan fingerprint density at radius 1 is 1.00 bits per heavy atom. The Labute approximate surface area is 100 Å². The zero-order valence-corrected chi connectivity index (χ0v) is 10.2. The van der Waals surface area contributed by atoms with Crippen LogP contribution in [0.4, 0.5) is 0 Å². The second-order valence-corrected chi connectivity index (χ2v) is 5.05. The minimum absolute atomic E-state index is 1.00. The van der Waals surface area contributed by atoms with Crippen LogP contribution in [0.3, 0.4) is 0 Å². The average molecular weight is 215 g/mol. The summed E-state index contributed by atoms with van der Waals surface area (Å²) >= 11 is 0. The van der Waals surface area contributed by atoms with Crippen LogP contribution in [0.2, 0.25) is 0 Å². The summed E-state index contributed by atoms with van der Waals surface area (Å²) in [5, 5.41) is 0. The molecular formula is C16H23. The molecule has 1 aromatic carbocycles. The van der Waals surface area contributed by atoms with Crippen molar-refractivity contribution in [3.63, 3.8) is 0 Å². The van der Waals surface area contributed by atoms with Gasteiger partial charge in [-0.25, -0.2) is 0 Å². The summed E-state index contributed by atoms with van der Waals surface area (Å²) in [5.41, 5.74) is 1.47. The Morgan fingerprint density at radius 3 is 2.50 bits per heavy atom. The zero-order chi connectivity index (χ0) is 11.1. The molecule has 1 aliphatic rings. The molecule has 1 aromatic rings. The first-order valence-corrected chi connectivity index (χ1v) is 6.81. The van der Waals surface area contributed by atoms with Gasteiger partial charge in [0.05, 0.1) is 0 Å². The van der Waals surface area contributed by atoms with Crippen LogP contribution in [-0.4, -0.2) is 0 Å². The lowest BCUT2D eigenvalue weighted by Gasteiger charge is -2.21. The Kier molecular flexibility index (Phi) is 4.92. The van der Waals surface area contributed by atoms with Crippen LogP contribution in [0.5, 0.6) is 0 Å². The van der Waals surface area contributed by atoms with Gasteiger partial charge in [0.1, 0.15) is 0 Å². The topological polar surface area (TPSA) is 0 Å². The molecule has 0 saturated heterocycles. The maximum Gasteiger partial charge on any atom is -0.0276 e. The standard InChI is InChI=1S/C16H23/c1-3-9-15(10-4-1)13-7-8-14-16-11-5-2-6-12-16/h1,3-4,8-10,16H,2,5-7,11-14H2. The molecule has 1 fully saturated rings. The molecule has 1 radical (unpaired) electrons. The SMILES string of the molecule is [CH](CCc1ccccc1)CC1CCCCC1. The maximum atomic E-state index is 2.52. The highest BCUT2D eigenvalue weighted by atomic mass is 14.2. The van der Waals surface area contributed by atoms with Crippen LogP contribution in [0.1, 0.15) is 50.5 Å². The van der Waals surface area contributed by atoms with Gasteiger partial charge in [-0.05, 0) is 37.2 Å². The lowest BCUT2D eigenvalue weighted by molar-refractivity contribution is 0.352. The molecule has 2 rings (SSSR count). The van der Waals surface area contributed by atoms with Crippen molar-refractivity contribution in [3.8, 4) is 0 Å². The summed E-state index contributed by atoms with van der Waals surface area (Å²) in [4.78, 5) is 0. The van der Waals surface area contributed by atoms with Crippen molar-refractivity contribution in [1.82, 2.24) is 0 Å². The Bertz CT molecular complexity index is 269. The number of unbranched alkanes of at least 4 members (excludes halogenated alkanes) is 1. The van der Waals surface area contributed by atoms with Crippen molar-refractivity contribution in [3.05, 3.63) is 42.3 Å². The fourth-order valence-corrected chi connectivity index (χ4v) is 2.69. The van der Waals surface area contributed by atoms with Crippen LogP contribution < -0.4 is 0 Å². The molecule has 87 valence electrons. The van der Waals surface area contributed by atoms with Crippen LogP contribution in [0.15, 0.2) is 30.3 Å². The molecule has 0 aliphatic heterocycles. The molecule has 0 atom stereocenters. The third kappa shape index (κ3) is 4.00. The summed E-state index contributed by atoms with van der Waals surface area (Å²) < 4.78 is 0. The van der Waals surface area contributed by atoms with Gasteiger partial charge in [-0.15, -0.1) is 0 Å². The Balaban J connectivity index is 1.58. The van der Waals surface area contributed by atoms with E-state index in [2.05, 4.69) is 36.8 Å². The molecule has 0 heteroatoms. The van der Waals surface area contributed by atoms with Gasteiger partial charge < -0.3 is 0 Å². The third-order valence-corrected chi connectivity index (χ3v) is 3.70. The lowest BCUT2D eigenvalue weighted by atomic mass is 9.85. The second kappa shape index (κ2) is 6.73. The Hall–Kier alpha value is -0.780. The summed E-state index contributed by atoms with van der Waals surface area (Å²) in [6.45, 7) is 0. The van der Waals surface area contributed by atoms with Crippen molar-refractivity contribution >= 4 is 0 Å². The maximum absolute atomic E-state index is 2.52. The molecule has 0 nitrogen and oxygen atoms in total. The van der Waals surface area contributed by atoms with E-state index in [1.165, 1.54) is 56.9 Å². The van der Waals surface area contributed by atoms with Gasteiger partial charge >= 0.3 is 0 Å². The summed E-state index contributed by atoms with van der Waals surface area (Å²) in [5.74, 6) is 1.00. The van der Waals surface area contributed by atoms with E-state index in [-0.39, 0.29) is 0 Å². The van der Waals surface area contributed by atoms with Crippen molar-refractivity contribution in [2.75, 3.05) is 0 Å². The second-order valence-electron chi connectivity index (χ2n) is 5.05. The van der Waals surface area contributed by atoms with Crippen LogP contribution >= 0.6 is 0 Å². The average Bonchev–Trinajstić information content (AvgIpc) is 2.37. The lowest BCUT2D eigenvalue weighted by Crippen LogP contribution is -2.06. The number of aryl methyl sites for hydroxylation is 1. The van der Waals surface area contributed by atoms with Crippen molar-refractivity contribution < 1.29 is 0 Å². The molecule has 0 unspecified atom stereocenters. The zero-order valence-electron chi connectivity index (χ0n) is 10.2. The highest BCUT2D eigenvalue weighted by Gasteiger charge is 2.12. The van der Waals surface area contributed by atoms with Gasteiger partial charge in [-0.1, -0.05) is 62.4 Å². The van der Waals surface area contributed by atoms with E-state index in [1.807, 2.05) is 0 Å². The molecular weight excluding hydrogens is 192 g/mol. The van der Waals surface area contributed by atoms with Crippen LogP contribution in [-0.2, 0) is 6.42 Å². The molecule has 0 N–H and O–H groups in total. The monoisotopic (exact) mass is 215 g/mol. The highest BCUT2D eigenvalue weighted by Crippen LogP contribution is 2.27. The largest absolute Gasteiger partial charge is 0.0622 e. The van der Waals surface area contributed by atoms with Gasteiger partial charge in [0, 0.05) is 0 Å². The van der Waals surface area contributed by atoms with E-state index in [0.717, 1.165) is 5.92 Å². The molecule has 0 aromatic heterocycles. The van der Waals surface area contributed by atoms with Crippen molar-refractivity contribution in [2.45, 2.75) is 51.4 Å². The van der Waals surface area contributed by atoms with Gasteiger partial charge in [0.2, 0.25) is 0 Å². The van der Waals surface area contributed by atoms with Gasteiger partial charge in [-0.3, -0.25) is 0 Å². The normalized spacial score (nSPS) is 17.5. The predicted octanol–water partition coefficient (Wildman–Crippen LogP) is 4.79. The highest BCUT2D eigenvalue weighted by molar-refractivity contribution is 5.14. The minimum Gasteiger partial charge on any atom is -0.0622 e. The summed E-state index contributed by atoms with van der Waals surface area (Å²) in [6, 6.07) is 10.8. The number of rotatable bonds is 5. The Morgan fingerprint density at radius 2 is 1.75 bits per heavy atom. The molecule has 0 bridgehead atoms. The predicted molar refractivity (Wildman–Crippen MR) is 70.3 cm³/mol. The summed E-state index contributed by atoms with van der Waals surface area (Å²) in [7, 11) is 0. The fourth-order valence-electron chi connectivity index (χ4n) is 2.69. The van der Waals surface area contributed by atoms with Crippen LogP contribution in [0.25, 0.3) is 0 Å². The smallest absolute Gasteiger partial charge is 0.0276 e. The first kappa shape index (κ1) is 11.7. The van der Waals surface area contributed by atoms with E-state index in [4.69, 9.17) is 0 Å². The molecule has 0 heterocycles. The summed E-state index contributed by atoms with van der Waals surface area (Å²) in [6.07, 6.45) is 13.7. The minimum atomic E-state index is 1.00.